The fourth-order valence-corrected chi connectivity index (χ4v) is 6.01. The molecule has 0 amide bonds. The van der Waals surface area contributed by atoms with E-state index in [0.29, 0.717) is 17.9 Å². The van der Waals surface area contributed by atoms with E-state index in [1.54, 1.807) is 5.57 Å². The maximum Gasteiger partial charge on any atom is 0.0487 e. The molecule has 0 aromatic heterocycles. The first-order valence-corrected chi connectivity index (χ1v) is 8.83. The molecule has 1 nitrogen and oxygen atoms in total. The summed E-state index contributed by atoms with van der Waals surface area (Å²) in [6.45, 7) is 11.6. The zero-order valence-electron chi connectivity index (χ0n) is 14.1. The highest BCUT2D eigenvalue weighted by Crippen LogP contribution is 2.63. The van der Waals surface area contributed by atoms with Crippen LogP contribution in [0.4, 0.5) is 0 Å². The second kappa shape index (κ2) is 4.98. The average molecular weight is 288 g/mol. The van der Waals surface area contributed by atoms with Gasteiger partial charge in [0.2, 0.25) is 0 Å². The lowest BCUT2D eigenvalue weighted by atomic mass is 9.45. The molecule has 118 valence electrons. The van der Waals surface area contributed by atoms with Gasteiger partial charge in [0.05, 0.1) is 0 Å². The Hall–Kier alpha value is -0.560. The van der Waals surface area contributed by atoms with Crippen LogP contribution in [0.15, 0.2) is 24.3 Å². The minimum absolute atomic E-state index is 0.151. The summed E-state index contributed by atoms with van der Waals surface area (Å²) in [6.07, 6.45) is 13.6. The van der Waals surface area contributed by atoms with Gasteiger partial charge in [0.15, 0.2) is 0 Å². The van der Waals surface area contributed by atoms with Crippen molar-refractivity contribution in [1.82, 2.24) is 0 Å². The van der Waals surface area contributed by atoms with Crippen LogP contribution < -0.4 is 0 Å². The van der Waals surface area contributed by atoms with Crippen molar-refractivity contribution in [3.63, 3.8) is 0 Å². The van der Waals surface area contributed by atoms with E-state index >= 15 is 0 Å². The van der Waals surface area contributed by atoms with E-state index in [1.165, 1.54) is 44.9 Å². The summed E-state index contributed by atoms with van der Waals surface area (Å²) in [5.41, 5.74) is 2.47. The van der Waals surface area contributed by atoms with Crippen LogP contribution >= 0.6 is 0 Å². The molecule has 2 unspecified atom stereocenters. The highest BCUT2D eigenvalue weighted by molar-refractivity contribution is 5.26. The molecule has 0 aromatic rings. The molecule has 21 heavy (non-hydrogen) atoms. The molecule has 3 rings (SSSR count). The van der Waals surface area contributed by atoms with Crippen molar-refractivity contribution in [2.45, 2.75) is 65.7 Å². The van der Waals surface area contributed by atoms with Crippen LogP contribution in [0.2, 0.25) is 0 Å². The molecule has 2 saturated carbocycles. The van der Waals surface area contributed by atoms with Crippen LogP contribution in [0.3, 0.4) is 0 Å². The zero-order valence-corrected chi connectivity index (χ0v) is 14.1. The third-order valence-electron chi connectivity index (χ3n) is 7.38. The molecule has 0 spiro atoms. The Morgan fingerprint density at radius 2 is 2.00 bits per heavy atom. The number of allylic oxidation sites excluding steroid dienone is 3. The lowest BCUT2D eigenvalue weighted by molar-refractivity contribution is -0.0892. The summed E-state index contributed by atoms with van der Waals surface area (Å²) in [4.78, 5) is 0. The summed E-state index contributed by atoms with van der Waals surface area (Å²) in [7, 11) is 0. The van der Waals surface area contributed by atoms with Gasteiger partial charge in [-0.3, -0.25) is 0 Å². The number of hydrogen-bond donors (Lipinski definition) is 1. The van der Waals surface area contributed by atoms with E-state index < -0.39 is 0 Å². The first-order chi connectivity index (χ1) is 9.87. The van der Waals surface area contributed by atoms with Crippen molar-refractivity contribution in [2.75, 3.05) is 6.61 Å². The molecule has 1 N–H and O–H groups in total. The van der Waals surface area contributed by atoms with Crippen LogP contribution in [-0.2, 0) is 0 Å². The third kappa shape index (κ3) is 2.23. The minimum atomic E-state index is 0.151. The molecule has 0 bridgehead atoms. The van der Waals surface area contributed by atoms with Gasteiger partial charge in [-0.1, -0.05) is 44.9 Å². The first kappa shape index (κ1) is 15.3. The molecule has 1 heteroatoms. The smallest absolute Gasteiger partial charge is 0.0487 e. The summed E-state index contributed by atoms with van der Waals surface area (Å²) in [5.74, 6) is 1.44. The van der Waals surface area contributed by atoms with Gasteiger partial charge in [-0.05, 0) is 61.2 Å². The largest absolute Gasteiger partial charge is 0.396 e. The predicted molar refractivity (Wildman–Crippen MR) is 89.0 cm³/mol. The second-order valence-electron chi connectivity index (χ2n) is 8.78. The van der Waals surface area contributed by atoms with Gasteiger partial charge < -0.3 is 5.11 Å². The van der Waals surface area contributed by atoms with E-state index in [-0.39, 0.29) is 10.8 Å². The summed E-state index contributed by atoms with van der Waals surface area (Å²) in [5, 5.41) is 9.99. The molecule has 0 radical (unpaired) electrons. The van der Waals surface area contributed by atoms with E-state index in [2.05, 4.69) is 39.5 Å². The highest BCUT2D eigenvalue weighted by atomic mass is 16.3. The number of fused-ring (bicyclic) bond motifs is 3. The highest BCUT2D eigenvalue weighted by Gasteiger charge is 2.55. The summed E-state index contributed by atoms with van der Waals surface area (Å²) in [6, 6.07) is 0. The lowest BCUT2D eigenvalue weighted by Crippen LogP contribution is -2.52. The molecule has 0 aliphatic heterocycles. The van der Waals surface area contributed by atoms with Crippen LogP contribution in [0.5, 0.6) is 0 Å². The van der Waals surface area contributed by atoms with E-state index in [9.17, 15) is 5.11 Å². The second-order valence-corrected chi connectivity index (χ2v) is 8.78. The Balaban J connectivity index is 1.96. The van der Waals surface area contributed by atoms with Crippen LogP contribution in [0.1, 0.15) is 65.7 Å². The fraction of sp³-hybridized carbons (Fsp3) is 0.800. The van der Waals surface area contributed by atoms with Crippen LogP contribution in [0.25, 0.3) is 0 Å². The number of rotatable bonds is 2. The Morgan fingerprint density at radius 1 is 1.24 bits per heavy atom. The van der Waals surface area contributed by atoms with E-state index in [0.717, 1.165) is 5.92 Å². The van der Waals surface area contributed by atoms with Crippen molar-refractivity contribution >= 4 is 0 Å². The number of aliphatic hydroxyl groups is 1. The molecule has 5 atom stereocenters. The van der Waals surface area contributed by atoms with Gasteiger partial charge in [-0.25, -0.2) is 0 Å². The molecular formula is C20H32O. The normalized spacial score (nSPS) is 49.8. The maximum absolute atomic E-state index is 9.99. The molecule has 2 fully saturated rings. The van der Waals surface area contributed by atoms with Crippen molar-refractivity contribution in [3.05, 3.63) is 24.3 Å². The van der Waals surface area contributed by atoms with E-state index in [4.69, 9.17) is 0 Å². The molecule has 3 aliphatic rings. The Kier molecular flexibility index (Phi) is 3.64. The van der Waals surface area contributed by atoms with Crippen LogP contribution in [-0.4, -0.2) is 11.7 Å². The van der Waals surface area contributed by atoms with Crippen LogP contribution in [0, 0.1) is 28.1 Å². The van der Waals surface area contributed by atoms with Crippen molar-refractivity contribution in [2.24, 2.45) is 28.1 Å². The molecular weight excluding hydrogens is 256 g/mol. The molecule has 0 aromatic carbocycles. The molecule has 3 aliphatic carbocycles. The number of aliphatic hydroxyl groups excluding tert-OH is 1. The van der Waals surface area contributed by atoms with E-state index in [1.807, 2.05) is 0 Å². The van der Waals surface area contributed by atoms with Crippen molar-refractivity contribution in [3.8, 4) is 0 Å². The van der Waals surface area contributed by atoms with Gasteiger partial charge >= 0.3 is 0 Å². The van der Waals surface area contributed by atoms with Gasteiger partial charge in [0.25, 0.3) is 0 Å². The summed E-state index contributed by atoms with van der Waals surface area (Å²) >= 11 is 0. The quantitative estimate of drug-likeness (QED) is 0.700. The minimum Gasteiger partial charge on any atom is -0.396 e. The standard InChI is InChI=1S/C20H32O/c1-5-18(2)12-9-16-15(13-18)7-8-17-19(3,14-21)10-6-11-20(16,17)4/h5,13,16-17,21H,1,6-12,14H2,2-4H3/t16?,17?,18-,19-,20-/m0/s1. The molecule has 0 heterocycles. The summed E-state index contributed by atoms with van der Waals surface area (Å²) < 4.78 is 0. The SMILES string of the molecule is C=C[C@]1(C)C=C2CCC3[C@](C)(CO)CCC[C@@]3(C)C2CC1. The third-order valence-corrected chi connectivity index (χ3v) is 7.38. The Labute approximate surface area is 130 Å². The van der Waals surface area contributed by atoms with Crippen molar-refractivity contribution in [1.29, 1.82) is 0 Å². The van der Waals surface area contributed by atoms with Crippen molar-refractivity contribution < 1.29 is 5.11 Å². The predicted octanol–water partition coefficient (Wildman–Crippen LogP) is 5.11. The Bertz CT molecular complexity index is 464. The fourth-order valence-electron chi connectivity index (χ4n) is 6.01. The van der Waals surface area contributed by atoms with Gasteiger partial charge in [0, 0.05) is 12.0 Å². The lowest BCUT2D eigenvalue weighted by Gasteiger charge is -2.60. The average Bonchev–Trinajstić information content (AvgIpc) is 2.46. The van der Waals surface area contributed by atoms with Gasteiger partial charge in [-0.2, -0.15) is 0 Å². The monoisotopic (exact) mass is 288 g/mol. The molecule has 0 saturated heterocycles. The first-order valence-electron chi connectivity index (χ1n) is 8.83. The topological polar surface area (TPSA) is 20.2 Å². The number of hydrogen-bond acceptors (Lipinski definition) is 1. The van der Waals surface area contributed by atoms with Gasteiger partial charge in [0.1, 0.15) is 0 Å². The maximum atomic E-state index is 9.99. The Morgan fingerprint density at radius 3 is 2.67 bits per heavy atom. The van der Waals surface area contributed by atoms with Gasteiger partial charge in [-0.15, -0.1) is 6.58 Å². The zero-order chi connectivity index (χ0) is 15.3.